The van der Waals surface area contributed by atoms with Crippen LogP contribution in [0.25, 0.3) is 0 Å². The molecule has 2 saturated heterocycles. The van der Waals surface area contributed by atoms with Gasteiger partial charge in [0.15, 0.2) is 0 Å². The zero-order chi connectivity index (χ0) is 18.8. The summed E-state index contributed by atoms with van der Waals surface area (Å²) in [6.07, 6.45) is 5.23. The van der Waals surface area contributed by atoms with Crippen LogP contribution in [0.4, 0.5) is 0 Å². The van der Waals surface area contributed by atoms with Crippen molar-refractivity contribution in [3.63, 3.8) is 0 Å². The Labute approximate surface area is 158 Å². The Bertz CT molecular complexity index is 428. The molecule has 150 valence electrons. The van der Waals surface area contributed by atoms with Crippen molar-refractivity contribution in [1.82, 2.24) is 9.80 Å². The zero-order valence-electron chi connectivity index (χ0n) is 16.6. The summed E-state index contributed by atoms with van der Waals surface area (Å²) in [5, 5.41) is 0. The van der Waals surface area contributed by atoms with Crippen LogP contribution in [0.15, 0.2) is 0 Å². The summed E-state index contributed by atoms with van der Waals surface area (Å²) in [5.74, 6) is 0.904. The first kappa shape index (κ1) is 21.3. The molecule has 0 atom stereocenters. The van der Waals surface area contributed by atoms with Crippen LogP contribution in [0.2, 0.25) is 0 Å². The van der Waals surface area contributed by atoms with Gasteiger partial charge >= 0.3 is 0 Å². The normalized spacial score (nSPS) is 20.5. The van der Waals surface area contributed by atoms with Gasteiger partial charge in [-0.25, -0.2) is 0 Å². The molecule has 2 aliphatic heterocycles. The Balaban J connectivity index is 1.60. The second-order valence-electron chi connectivity index (χ2n) is 7.30. The highest BCUT2D eigenvalue weighted by Gasteiger charge is 2.30. The molecular formula is C20H36N2O4. The number of likely N-dealkylation sites (tertiary alicyclic amines) is 2. The van der Waals surface area contributed by atoms with Crippen LogP contribution in [0.3, 0.4) is 0 Å². The number of amides is 1. The largest absolute Gasteiger partial charge is 0.379 e. The molecule has 2 heterocycles. The highest BCUT2D eigenvalue weighted by atomic mass is 16.5. The van der Waals surface area contributed by atoms with Crippen LogP contribution in [0.1, 0.15) is 52.4 Å². The molecule has 0 N–H and O–H groups in total. The van der Waals surface area contributed by atoms with Gasteiger partial charge in [0.05, 0.1) is 26.2 Å². The van der Waals surface area contributed by atoms with Crippen molar-refractivity contribution in [2.24, 2.45) is 5.92 Å². The first-order valence-corrected chi connectivity index (χ1v) is 10.4. The summed E-state index contributed by atoms with van der Waals surface area (Å²) in [6, 6.07) is 0.569. The second kappa shape index (κ2) is 11.7. The van der Waals surface area contributed by atoms with Gasteiger partial charge in [-0.15, -0.1) is 0 Å². The Kier molecular flexibility index (Phi) is 9.57. The maximum absolute atomic E-state index is 12.3. The number of piperidine rings is 2. The van der Waals surface area contributed by atoms with E-state index in [1.165, 1.54) is 0 Å². The zero-order valence-corrected chi connectivity index (χ0v) is 16.6. The van der Waals surface area contributed by atoms with Crippen molar-refractivity contribution in [3.8, 4) is 0 Å². The third kappa shape index (κ3) is 6.63. The minimum Gasteiger partial charge on any atom is -0.379 e. The van der Waals surface area contributed by atoms with Gasteiger partial charge in [-0.1, -0.05) is 6.92 Å². The van der Waals surface area contributed by atoms with Crippen molar-refractivity contribution in [1.29, 1.82) is 0 Å². The number of Topliss-reactive ketones (excluding diaryl/α,β-unsaturated/α-hetero) is 1. The van der Waals surface area contributed by atoms with Crippen molar-refractivity contribution in [3.05, 3.63) is 0 Å². The lowest BCUT2D eigenvalue weighted by atomic mass is 9.89. The van der Waals surface area contributed by atoms with Crippen molar-refractivity contribution in [2.75, 3.05) is 52.6 Å². The molecule has 0 unspecified atom stereocenters. The number of nitrogens with zero attached hydrogens (tertiary/aromatic N) is 2. The van der Waals surface area contributed by atoms with E-state index in [0.717, 1.165) is 51.9 Å². The Hall–Kier alpha value is -0.980. The number of ether oxygens (including phenoxy) is 2. The minimum atomic E-state index is 0.201. The molecule has 2 aliphatic rings. The van der Waals surface area contributed by atoms with Gasteiger partial charge < -0.3 is 19.3 Å². The van der Waals surface area contributed by atoms with Crippen molar-refractivity contribution in [2.45, 2.75) is 58.4 Å². The third-order valence-corrected chi connectivity index (χ3v) is 5.70. The van der Waals surface area contributed by atoms with E-state index < -0.39 is 0 Å². The van der Waals surface area contributed by atoms with E-state index in [9.17, 15) is 9.59 Å². The lowest BCUT2D eigenvalue weighted by Crippen LogP contribution is -2.49. The molecule has 0 aromatic heterocycles. The molecule has 6 heteroatoms. The first-order chi connectivity index (χ1) is 12.7. The fourth-order valence-corrected chi connectivity index (χ4v) is 4.04. The number of hydrogen-bond acceptors (Lipinski definition) is 5. The average molecular weight is 369 g/mol. The lowest BCUT2D eigenvalue weighted by Gasteiger charge is -2.41. The van der Waals surface area contributed by atoms with Crippen LogP contribution >= 0.6 is 0 Å². The molecule has 0 aromatic rings. The monoisotopic (exact) mass is 368 g/mol. The number of carbonyl (C=O) groups excluding carboxylic acids is 2. The van der Waals surface area contributed by atoms with Crippen LogP contribution in [0, 0.1) is 5.92 Å². The van der Waals surface area contributed by atoms with E-state index in [1.807, 2.05) is 18.7 Å². The molecule has 6 nitrogen and oxygen atoms in total. The fourth-order valence-electron chi connectivity index (χ4n) is 4.04. The molecule has 0 radical (unpaired) electrons. The highest BCUT2D eigenvalue weighted by molar-refractivity contribution is 5.80. The molecule has 0 saturated carbocycles. The van der Waals surface area contributed by atoms with Crippen molar-refractivity contribution >= 4 is 11.7 Å². The molecular weight excluding hydrogens is 332 g/mol. The predicted molar refractivity (Wildman–Crippen MR) is 101 cm³/mol. The van der Waals surface area contributed by atoms with Gasteiger partial charge in [0, 0.05) is 38.1 Å². The summed E-state index contributed by atoms with van der Waals surface area (Å²) in [6.45, 7) is 9.99. The molecule has 2 rings (SSSR count). The van der Waals surface area contributed by atoms with Crippen LogP contribution in [0.5, 0.6) is 0 Å². The topological polar surface area (TPSA) is 59.1 Å². The van der Waals surface area contributed by atoms with Gasteiger partial charge in [-0.2, -0.15) is 0 Å². The van der Waals surface area contributed by atoms with Gasteiger partial charge in [0.2, 0.25) is 5.91 Å². The number of hydrogen-bond donors (Lipinski definition) is 0. The fraction of sp³-hybridized carbons (Fsp3) is 0.900. The van der Waals surface area contributed by atoms with Crippen LogP contribution in [-0.2, 0) is 19.1 Å². The molecule has 0 spiro atoms. The molecule has 0 aromatic carbocycles. The van der Waals surface area contributed by atoms with Gasteiger partial charge in [0.1, 0.15) is 5.78 Å². The number of rotatable bonds is 10. The average Bonchev–Trinajstić information content (AvgIpc) is 2.70. The Morgan fingerprint density at radius 3 is 2.15 bits per heavy atom. The first-order valence-electron chi connectivity index (χ1n) is 10.4. The molecule has 1 amide bonds. The predicted octanol–water partition coefficient (Wildman–Crippen LogP) is 2.11. The standard InChI is InChI=1S/C20H36N2O4/c1-3-19(23)17-5-10-21(11-6-17)18-7-12-22(13-8-18)20(24)9-14-26-16-15-25-4-2/h17-18H,3-16H2,1-2H3. The SMILES string of the molecule is CCOCCOCCC(=O)N1CCC(N2CCC(C(=O)CC)CC2)CC1. The lowest BCUT2D eigenvalue weighted by molar-refractivity contribution is -0.134. The second-order valence-corrected chi connectivity index (χ2v) is 7.30. The molecule has 2 fully saturated rings. The van der Waals surface area contributed by atoms with E-state index in [1.54, 1.807) is 0 Å². The summed E-state index contributed by atoms with van der Waals surface area (Å²) < 4.78 is 10.7. The van der Waals surface area contributed by atoms with E-state index in [-0.39, 0.29) is 11.8 Å². The Morgan fingerprint density at radius 2 is 1.54 bits per heavy atom. The maximum Gasteiger partial charge on any atom is 0.224 e. The summed E-state index contributed by atoms with van der Waals surface area (Å²) in [7, 11) is 0. The molecule has 26 heavy (non-hydrogen) atoms. The smallest absolute Gasteiger partial charge is 0.224 e. The van der Waals surface area contributed by atoms with E-state index in [2.05, 4.69) is 4.90 Å². The van der Waals surface area contributed by atoms with Crippen molar-refractivity contribution < 1.29 is 19.1 Å². The quantitative estimate of drug-likeness (QED) is 0.553. The van der Waals surface area contributed by atoms with E-state index >= 15 is 0 Å². The summed E-state index contributed by atoms with van der Waals surface area (Å²) >= 11 is 0. The minimum absolute atomic E-state index is 0.201. The maximum atomic E-state index is 12.3. The Morgan fingerprint density at radius 1 is 0.885 bits per heavy atom. The summed E-state index contributed by atoms with van der Waals surface area (Å²) in [4.78, 5) is 28.7. The number of carbonyl (C=O) groups is 2. The van der Waals surface area contributed by atoms with E-state index in [4.69, 9.17) is 9.47 Å². The number of ketones is 1. The van der Waals surface area contributed by atoms with Gasteiger partial charge in [0.25, 0.3) is 0 Å². The highest BCUT2D eigenvalue weighted by Crippen LogP contribution is 2.25. The third-order valence-electron chi connectivity index (χ3n) is 5.70. The van der Waals surface area contributed by atoms with Gasteiger partial charge in [-0.3, -0.25) is 9.59 Å². The van der Waals surface area contributed by atoms with Crippen LogP contribution < -0.4 is 0 Å². The molecule has 0 bridgehead atoms. The summed E-state index contributed by atoms with van der Waals surface area (Å²) in [5.41, 5.74) is 0. The van der Waals surface area contributed by atoms with E-state index in [0.29, 0.717) is 51.1 Å². The van der Waals surface area contributed by atoms with Crippen LogP contribution in [-0.4, -0.2) is 80.1 Å². The molecule has 0 aliphatic carbocycles. The van der Waals surface area contributed by atoms with Gasteiger partial charge in [-0.05, 0) is 45.7 Å².